The highest BCUT2D eigenvalue weighted by Gasteiger charge is 2.29. The molecule has 0 N–H and O–H groups in total. The minimum Gasteiger partial charge on any atom is -0.497 e. The Kier molecular flexibility index (Phi) is 8.89. The van der Waals surface area contributed by atoms with Gasteiger partial charge in [-0.3, -0.25) is 9.59 Å². The standard InChI is InChI=1S/C23H33N3O6S2/c1-5-32-9-8-26-19-7-6-18(31-4)11-20(19)33-23(26)24-21(27)14-34(29,30)15-22(28)25-12-16(2)10-17(3)13-25/h6-7,11,16-17H,5,8-10,12-15H2,1-4H3. The van der Waals surface area contributed by atoms with Crippen molar-refractivity contribution < 1.29 is 27.5 Å². The Morgan fingerprint density at radius 1 is 1.18 bits per heavy atom. The van der Waals surface area contributed by atoms with Crippen LogP contribution in [0.25, 0.3) is 10.2 Å². The number of hydrogen-bond donors (Lipinski definition) is 0. The highest BCUT2D eigenvalue weighted by Crippen LogP contribution is 2.23. The number of carbonyl (C=O) groups excluding carboxylic acids is 2. The Labute approximate surface area is 204 Å². The maximum absolute atomic E-state index is 12.6. The number of carbonyl (C=O) groups is 2. The minimum atomic E-state index is -3.94. The lowest BCUT2D eigenvalue weighted by Gasteiger charge is -2.34. The average molecular weight is 512 g/mol. The number of aromatic nitrogens is 1. The Hall–Kier alpha value is -2.24. The molecule has 1 saturated heterocycles. The molecular formula is C23H33N3O6S2. The second kappa shape index (κ2) is 11.5. The van der Waals surface area contributed by atoms with Gasteiger partial charge in [0, 0.05) is 26.2 Å². The van der Waals surface area contributed by atoms with E-state index in [9.17, 15) is 18.0 Å². The number of amides is 2. The Bertz CT molecular complexity index is 1190. The van der Waals surface area contributed by atoms with E-state index >= 15 is 0 Å². The molecule has 0 bridgehead atoms. The van der Waals surface area contributed by atoms with Crippen LogP contribution in [0.4, 0.5) is 0 Å². The van der Waals surface area contributed by atoms with E-state index in [4.69, 9.17) is 9.47 Å². The number of likely N-dealkylation sites (tertiary alicyclic amines) is 1. The van der Waals surface area contributed by atoms with E-state index < -0.39 is 33.2 Å². The number of methoxy groups -OCH3 is 1. The molecule has 11 heteroatoms. The SMILES string of the molecule is CCOCCn1c(=NC(=O)CS(=O)(=O)CC(=O)N2CC(C)CC(C)C2)sc2cc(OC)ccc21. The summed E-state index contributed by atoms with van der Waals surface area (Å²) in [6, 6.07) is 5.53. The summed E-state index contributed by atoms with van der Waals surface area (Å²) in [6.07, 6.45) is 1.01. The van der Waals surface area contributed by atoms with Crippen LogP contribution in [0, 0.1) is 11.8 Å². The zero-order valence-electron chi connectivity index (χ0n) is 20.2. The fourth-order valence-electron chi connectivity index (χ4n) is 4.31. The second-order valence-electron chi connectivity index (χ2n) is 8.85. The van der Waals surface area contributed by atoms with Gasteiger partial charge in [-0.25, -0.2) is 8.42 Å². The Morgan fingerprint density at radius 3 is 2.53 bits per heavy atom. The third kappa shape index (κ3) is 6.89. The van der Waals surface area contributed by atoms with Gasteiger partial charge < -0.3 is 18.9 Å². The van der Waals surface area contributed by atoms with Gasteiger partial charge in [-0.15, -0.1) is 0 Å². The van der Waals surface area contributed by atoms with E-state index in [0.717, 1.165) is 16.6 Å². The molecule has 0 radical (unpaired) electrons. The fraction of sp³-hybridized carbons (Fsp3) is 0.609. The highest BCUT2D eigenvalue weighted by atomic mass is 32.2. The van der Waals surface area contributed by atoms with Crippen molar-refractivity contribution in [1.82, 2.24) is 9.47 Å². The predicted molar refractivity (Wildman–Crippen MR) is 132 cm³/mol. The van der Waals surface area contributed by atoms with Gasteiger partial charge in [0.15, 0.2) is 14.6 Å². The van der Waals surface area contributed by atoms with Gasteiger partial charge >= 0.3 is 0 Å². The maximum Gasteiger partial charge on any atom is 0.263 e. The number of hydrogen-bond acceptors (Lipinski definition) is 7. The summed E-state index contributed by atoms with van der Waals surface area (Å²) < 4.78 is 38.7. The molecule has 0 saturated carbocycles. The van der Waals surface area contributed by atoms with Crippen LogP contribution in [0.15, 0.2) is 23.2 Å². The van der Waals surface area contributed by atoms with E-state index in [1.165, 1.54) is 11.3 Å². The first-order valence-electron chi connectivity index (χ1n) is 11.4. The summed E-state index contributed by atoms with van der Waals surface area (Å²) in [7, 11) is -2.37. The van der Waals surface area contributed by atoms with Gasteiger partial charge in [-0.2, -0.15) is 4.99 Å². The summed E-state index contributed by atoms with van der Waals surface area (Å²) in [5, 5.41) is 0. The van der Waals surface area contributed by atoms with Crippen LogP contribution in [-0.4, -0.2) is 74.6 Å². The molecule has 1 fully saturated rings. The first kappa shape index (κ1) is 26.4. The lowest BCUT2D eigenvalue weighted by atomic mass is 9.92. The Balaban J connectivity index is 1.79. The molecule has 1 aliphatic heterocycles. The van der Waals surface area contributed by atoms with Crippen molar-refractivity contribution in [3.05, 3.63) is 23.0 Å². The first-order chi connectivity index (χ1) is 16.1. The van der Waals surface area contributed by atoms with Crippen LogP contribution >= 0.6 is 11.3 Å². The van der Waals surface area contributed by atoms with Gasteiger partial charge in [0.2, 0.25) is 5.91 Å². The second-order valence-corrected chi connectivity index (χ2v) is 11.9. The number of fused-ring (bicyclic) bond motifs is 1. The molecule has 188 valence electrons. The maximum atomic E-state index is 12.6. The summed E-state index contributed by atoms with van der Waals surface area (Å²) in [5.41, 5.74) is 0.850. The van der Waals surface area contributed by atoms with E-state index in [1.807, 2.05) is 43.5 Å². The van der Waals surface area contributed by atoms with Crippen LogP contribution < -0.4 is 9.54 Å². The third-order valence-electron chi connectivity index (χ3n) is 5.68. The highest BCUT2D eigenvalue weighted by molar-refractivity contribution is 7.92. The van der Waals surface area contributed by atoms with E-state index in [0.29, 0.717) is 55.2 Å². The first-order valence-corrected chi connectivity index (χ1v) is 14.1. The number of nitrogens with zero attached hydrogens (tertiary/aromatic N) is 3. The molecule has 2 amide bonds. The molecule has 2 heterocycles. The van der Waals surface area contributed by atoms with Gasteiger partial charge in [0.1, 0.15) is 17.3 Å². The van der Waals surface area contributed by atoms with Gasteiger partial charge in [-0.05, 0) is 43.4 Å². The monoisotopic (exact) mass is 511 g/mol. The van der Waals surface area contributed by atoms with Gasteiger partial charge in [0.05, 0.1) is 23.9 Å². The molecule has 1 aromatic heterocycles. The van der Waals surface area contributed by atoms with Crippen molar-refractivity contribution in [2.75, 3.05) is 44.9 Å². The molecule has 0 aliphatic carbocycles. The quantitative estimate of drug-likeness (QED) is 0.477. The molecule has 1 aliphatic rings. The minimum absolute atomic E-state index is 0.325. The molecule has 2 aromatic rings. The molecule has 9 nitrogen and oxygen atoms in total. The normalized spacial score (nSPS) is 19.5. The van der Waals surface area contributed by atoms with Crippen LogP contribution in [0.1, 0.15) is 27.2 Å². The van der Waals surface area contributed by atoms with Crippen molar-refractivity contribution in [3.8, 4) is 5.75 Å². The van der Waals surface area contributed by atoms with Crippen molar-refractivity contribution >= 4 is 43.2 Å². The number of piperidine rings is 1. The molecule has 3 rings (SSSR count). The summed E-state index contributed by atoms with van der Waals surface area (Å²) in [5.74, 6) is -1.41. The summed E-state index contributed by atoms with van der Waals surface area (Å²) in [6.45, 7) is 8.53. The predicted octanol–water partition coefficient (Wildman–Crippen LogP) is 2.09. The van der Waals surface area contributed by atoms with Crippen LogP contribution in [0.5, 0.6) is 5.75 Å². The van der Waals surface area contributed by atoms with Gasteiger partial charge in [-0.1, -0.05) is 25.2 Å². The Morgan fingerprint density at radius 2 is 1.88 bits per heavy atom. The summed E-state index contributed by atoms with van der Waals surface area (Å²) in [4.78, 5) is 31.3. The van der Waals surface area contributed by atoms with Gasteiger partial charge in [0.25, 0.3) is 5.91 Å². The smallest absolute Gasteiger partial charge is 0.263 e. The lowest BCUT2D eigenvalue weighted by molar-refractivity contribution is -0.131. The molecule has 2 unspecified atom stereocenters. The van der Waals surface area contributed by atoms with Crippen LogP contribution in [0.2, 0.25) is 0 Å². The number of thiazole rings is 1. The molecule has 2 atom stereocenters. The molecular weight excluding hydrogens is 478 g/mol. The molecule has 0 spiro atoms. The third-order valence-corrected chi connectivity index (χ3v) is 8.10. The summed E-state index contributed by atoms with van der Waals surface area (Å²) >= 11 is 1.27. The molecule has 1 aromatic carbocycles. The van der Waals surface area contributed by atoms with Crippen LogP contribution in [-0.2, 0) is 30.7 Å². The lowest BCUT2D eigenvalue weighted by Crippen LogP contribution is -2.45. The largest absolute Gasteiger partial charge is 0.497 e. The van der Waals surface area contributed by atoms with Crippen molar-refractivity contribution in [1.29, 1.82) is 0 Å². The van der Waals surface area contributed by atoms with Crippen molar-refractivity contribution in [3.63, 3.8) is 0 Å². The fourth-order valence-corrected chi connectivity index (χ4v) is 6.51. The van der Waals surface area contributed by atoms with E-state index in [1.54, 1.807) is 12.0 Å². The molecule has 34 heavy (non-hydrogen) atoms. The topological polar surface area (TPSA) is 107 Å². The zero-order chi connectivity index (χ0) is 24.9. The average Bonchev–Trinajstić information content (AvgIpc) is 3.08. The van der Waals surface area contributed by atoms with Crippen molar-refractivity contribution in [2.45, 2.75) is 33.7 Å². The van der Waals surface area contributed by atoms with E-state index in [-0.39, 0.29) is 0 Å². The van der Waals surface area contributed by atoms with Crippen LogP contribution in [0.3, 0.4) is 0 Å². The number of rotatable bonds is 9. The van der Waals surface area contributed by atoms with E-state index in [2.05, 4.69) is 4.99 Å². The number of sulfone groups is 1. The zero-order valence-corrected chi connectivity index (χ0v) is 21.8. The number of benzene rings is 1. The van der Waals surface area contributed by atoms with Crippen molar-refractivity contribution in [2.24, 2.45) is 16.8 Å². The number of ether oxygens (including phenoxy) is 2.